The lowest BCUT2D eigenvalue weighted by molar-refractivity contribution is 0.0946. The molecule has 158 valence electrons. The molecule has 7 nitrogen and oxygen atoms in total. The molecule has 0 aliphatic heterocycles. The number of carbonyl (C=O) groups excluding carboxylic acids is 1. The lowest BCUT2D eigenvalue weighted by Crippen LogP contribution is -2.38. The molecular formula is C21H30N4O3S. The second-order valence-corrected chi connectivity index (χ2v) is 9.88. The first-order valence-corrected chi connectivity index (χ1v) is 11.7. The van der Waals surface area contributed by atoms with Gasteiger partial charge in [0.25, 0.3) is 5.91 Å². The normalized spacial score (nSPS) is 16.7. The number of rotatable bonds is 8. The van der Waals surface area contributed by atoms with Gasteiger partial charge in [0.2, 0.25) is 10.0 Å². The molecule has 1 amide bonds. The molecule has 0 radical (unpaired) electrons. The molecule has 1 fully saturated rings. The third-order valence-electron chi connectivity index (χ3n) is 5.55. The van der Waals surface area contributed by atoms with Crippen molar-refractivity contribution in [2.75, 3.05) is 13.6 Å². The maximum absolute atomic E-state index is 12.9. The zero-order valence-corrected chi connectivity index (χ0v) is 17.9. The van der Waals surface area contributed by atoms with Gasteiger partial charge in [0.1, 0.15) is 0 Å². The Balaban J connectivity index is 1.57. The number of benzene rings is 1. The van der Waals surface area contributed by atoms with Gasteiger partial charge in [-0.05, 0) is 49.1 Å². The highest BCUT2D eigenvalue weighted by Gasteiger charge is 2.29. The van der Waals surface area contributed by atoms with Crippen LogP contribution in [0.2, 0.25) is 0 Å². The number of hydrogen-bond donors (Lipinski definition) is 1. The monoisotopic (exact) mass is 418 g/mol. The summed E-state index contributed by atoms with van der Waals surface area (Å²) in [5.74, 6) is 0.0181. The average Bonchev–Trinajstić information content (AvgIpc) is 3.25. The number of carbonyl (C=O) groups is 1. The third-order valence-corrected chi connectivity index (χ3v) is 7.48. The maximum atomic E-state index is 12.9. The van der Waals surface area contributed by atoms with Crippen LogP contribution in [0.4, 0.5) is 0 Å². The highest BCUT2D eigenvalue weighted by molar-refractivity contribution is 7.89. The van der Waals surface area contributed by atoms with Crippen LogP contribution in [0.3, 0.4) is 0 Å². The molecule has 0 saturated heterocycles. The molecule has 0 spiro atoms. The third kappa shape index (κ3) is 5.45. The number of aromatic nitrogens is 2. The Kier molecular flexibility index (Phi) is 7.08. The second kappa shape index (κ2) is 9.54. The number of hydrogen-bond acceptors (Lipinski definition) is 4. The molecule has 29 heavy (non-hydrogen) atoms. The van der Waals surface area contributed by atoms with Crippen LogP contribution < -0.4 is 5.32 Å². The van der Waals surface area contributed by atoms with Gasteiger partial charge in [0.05, 0.1) is 4.90 Å². The highest BCUT2D eigenvalue weighted by atomic mass is 32.2. The van der Waals surface area contributed by atoms with E-state index in [1.165, 1.54) is 22.9 Å². The standard InChI is InChI=1S/C21H30N4O3S/c1-17(16-25-14-6-13-23-25)15-22-21(26)18-9-11-20(12-10-18)29(27,28)24(2)19-7-4-3-5-8-19/h6,9-14,17,19H,3-5,7-8,15-16H2,1-2H3,(H,22,26). The van der Waals surface area contributed by atoms with Gasteiger partial charge in [-0.2, -0.15) is 9.40 Å². The summed E-state index contributed by atoms with van der Waals surface area (Å²) in [6, 6.07) is 8.14. The van der Waals surface area contributed by atoms with Gasteiger partial charge in [0, 0.05) is 44.1 Å². The summed E-state index contributed by atoms with van der Waals surface area (Å²) in [5, 5.41) is 7.07. The summed E-state index contributed by atoms with van der Waals surface area (Å²) in [5.41, 5.74) is 0.454. The summed E-state index contributed by atoms with van der Waals surface area (Å²) < 4.78 is 29.1. The topological polar surface area (TPSA) is 84.3 Å². The minimum absolute atomic E-state index is 0.0630. The number of nitrogens with one attached hydrogen (secondary N) is 1. The molecule has 1 aromatic carbocycles. The predicted octanol–water partition coefficient (Wildman–Crippen LogP) is 2.90. The summed E-state index contributed by atoms with van der Waals surface area (Å²) in [4.78, 5) is 12.6. The van der Waals surface area contributed by atoms with Gasteiger partial charge < -0.3 is 5.32 Å². The van der Waals surface area contributed by atoms with Crippen molar-refractivity contribution in [1.82, 2.24) is 19.4 Å². The van der Waals surface area contributed by atoms with Crippen LogP contribution in [-0.4, -0.2) is 48.0 Å². The van der Waals surface area contributed by atoms with Gasteiger partial charge in [0.15, 0.2) is 0 Å². The molecule has 1 heterocycles. The molecule has 2 aromatic rings. The van der Waals surface area contributed by atoms with E-state index in [0.717, 1.165) is 32.2 Å². The highest BCUT2D eigenvalue weighted by Crippen LogP contribution is 2.26. The van der Waals surface area contributed by atoms with Crippen LogP contribution >= 0.6 is 0 Å². The second-order valence-electron chi connectivity index (χ2n) is 7.88. The maximum Gasteiger partial charge on any atom is 0.251 e. The molecule has 1 atom stereocenters. The van der Waals surface area contributed by atoms with Gasteiger partial charge in [-0.3, -0.25) is 9.48 Å². The zero-order valence-electron chi connectivity index (χ0n) is 17.1. The molecule has 8 heteroatoms. The van der Waals surface area contributed by atoms with Crippen molar-refractivity contribution in [3.8, 4) is 0 Å². The van der Waals surface area contributed by atoms with Crippen molar-refractivity contribution >= 4 is 15.9 Å². The van der Waals surface area contributed by atoms with Crippen molar-refractivity contribution in [1.29, 1.82) is 0 Å². The largest absolute Gasteiger partial charge is 0.352 e. The van der Waals surface area contributed by atoms with Crippen molar-refractivity contribution in [2.45, 2.75) is 56.5 Å². The van der Waals surface area contributed by atoms with Gasteiger partial charge in [-0.1, -0.05) is 26.2 Å². The minimum atomic E-state index is -3.54. The first kappa shape index (κ1) is 21.5. The fourth-order valence-electron chi connectivity index (χ4n) is 3.75. The zero-order chi connectivity index (χ0) is 20.9. The summed E-state index contributed by atoms with van der Waals surface area (Å²) in [7, 11) is -1.88. The fourth-order valence-corrected chi connectivity index (χ4v) is 5.16. The van der Waals surface area contributed by atoms with Gasteiger partial charge in [-0.15, -0.1) is 0 Å². The molecule has 3 rings (SSSR count). The van der Waals surface area contributed by atoms with E-state index in [4.69, 9.17) is 0 Å². The summed E-state index contributed by atoms with van der Waals surface area (Å²) in [6.45, 7) is 3.28. The van der Waals surface area contributed by atoms with Crippen LogP contribution in [-0.2, 0) is 16.6 Å². The van der Waals surface area contributed by atoms with E-state index in [2.05, 4.69) is 10.4 Å². The SMILES string of the molecule is CC(CNC(=O)c1ccc(S(=O)(=O)N(C)C2CCCCC2)cc1)Cn1cccn1. The first-order valence-electron chi connectivity index (χ1n) is 10.2. The van der Waals surface area contributed by atoms with Crippen molar-refractivity contribution in [2.24, 2.45) is 5.92 Å². The van der Waals surface area contributed by atoms with Crippen molar-refractivity contribution < 1.29 is 13.2 Å². The van der Waals surface area contributed by atoms with E-state index < -0.39 is 10.0 Å². The van der Waals surface area contributed by atoms with E-state index in [-0.39, 0.29) is 22.8 Å². The van der Waals surface area contributed by atoms with Crippen LogP contribution in [0.25, 0.3) is 0 Å². The quantitative estimate of drug-likeness (QED) is 0.714. The first-order chi connectivity index (χ1) is 13.9. The molecule has 1 aliphatic carbocycles. The van der Waals surface area contributed by atoms with Crippen molar-refractivity contribution in [3.05, 3.63) is 48.3 Å². The van der Waals surface area contributed by atoms with Crippen LogP contribution in [0.15, 0.2) is 47.6 Å². The van der Waals surface area contributed by atoms with Crippen LogP contribution in [0.1, 0.15) is 49.4 Å². The Morgan fingerprint density at radius 3 is 2.55 bits per heavy atom. The van der Waals surface area contributed by atoms with Crippen molar-refractivity contribution in [3.63, 3.8) is 0 Å². The van der Waals surface area contributed by atoms with Gasteiger partial charge >= 0.3 is 0 Å². The Morgan fingerprint density at radius 2 is 1.93 bits per heavy atom. The summed E-state index contributed by atoms with van der Waals surface area (Å²) in [6.07, 6.45) is 8.76. The molecule has 1 aromatic heterocycles. The number of amides is 1. The Labute approximate surface area is 173 Å². The lowest BCUT2D eigenvalue weighted by atomic mass is 9.96. The summed E-state index contributed by atoms with van der Waals surface area (Å²) >= 11 is 0. The van der Waals surface area contributed by atoms with E-state index >= 15 is 0 Å². The molecule has 0 bridgehead atoms. The minimum Gasteiger partial charge on any atom is -0.352 e. The van der Waals surface area contributed by atoms with Gasteiger partial charge in [-0.25, -0.2) is 8.42 Å². The van der Waals surface area contributed by atoms with E-state index in [1.54, 1.807) is 25.4 Å². The molecular weight excluding hydrogens is 388 g/mol. The van der Waals surface area contributed by atoms with E-state index in [1.807, 2.05) is 23.9 Å². The van der Waals surface area contributed by atoms with Crippen LogP contribution in [0.5, 0.6) is 0 Å². The smallest absolute Gasteiger partial charge is 0.251 e. The number of nitrogens with zero attached hydrogens (tertiary/aromatic N) is 3. The molecule has 1 aliphatic rings. The Bertz CT molecular complexity index is 889. The van der Waals surface area contributed by atoms with E-state index in [0.29, 0.717) is 12.1 Å². The molecule has 1 unspecified atom stereocenters. The molecule has 1 N–H and O–H groups in total. The predicted molar refractivity (Wildman–Crippen MR) is 112 cm³/mol. The van der Waals surface area contributed by atoms with E-state index in [9.17, 15) is 13.2 Å². The lowest BCUT2D eigenvalue weighted by Gasteiger charge is -2.30. The van der Waals surface area contributed by atoms with Crippen LogP contribution in [0, 0.1) is 5.92 Å². The fraction of sp³-hybridized carbons (Fsp3) is 0.524. The molecule has 1 saturated carbocycles. The average molecular weight is 419 g/mol. The number of sulfonamides is 1. The Morgan fingerprint density at radius 1 is 1.24 bits per heavy atom. The Hall–Kier alpha value is -2.19.